The molecule has 0 saturated carbocycles. The van der Waals surface area contributed by atoms with Crippen molar-refractivity contribution in [2.24, 2.45) is 0 Å². The summed E-state index contributed by atoms with van der Waals surface area (Å²) in [6, 6.07) is 23.0. The zero-order valence-electron chi connectivity index (χ0n) is 28.8. The van der Waals surface area contributed by atoms with Crippen LogP contribution in [0.1, 0.15) is 28.7 Å². The minimum absolute atomic E-state index is 0.0241. The van der Waals surface area contributed by atoms with Crippen LogP contribution < -0.4 is 0 Å². The SMILES string of the molecule is O=C1OC(CCO)C(OCc2ccccc2[N+](=O)[O-])=C1OCc1ccccc1[N+](=O)[O-].O=[N+]([O-])c1ccccc1COP(=O)(O)OCc1ccccc1[N+](=O)[O-]. The Kier molecular flexibility index (Phi) is 14.7. The molecule has 0 radical (unpaired) electrons. The number of aliphatic hydroxyl groups excluding tert-OH is 1. The summed E-state index contributed by atoms with van der Waals surface area (Å²) in [7, 11) is -4.57. The molecule has 1 aliphatic heterocycles. The van der Waals surface area contributed by atoms with E-state index in [-0.39, 0.29) is 82.8 Å². The third-order valence-electron chi connectivity index (χ3n) is 7.62. The van der Waals surface area contributed by atoms with E-state index in [1.165, 1.54) is 84.9 Å². The quantitative estimate of drug-likeness (QED) is 0.0498. The lowest BCUT2D eigenvalue weighted by Crippen LogP contribution is -2.15. The van der Waals surface area contributed by atoms with Crippen molar-refractivity contribution in [3.63, 3.8) is 0 Å². The molecule has 0 aliphatic carbocycles. The molecule has 2 N–H and O–H groups in total. The molecule has 4 aromatic rings. The fraction of sp³-hybridized carbons (Fsp3) is 0.206. The Bertz CT molecular complexity index is 2110. The number of carbonyl (C=O) groups is 1. The first-order valence-electron chi connectivity index (χ1n) is 16.0. The predicted octanol–water partition coefficient (Wildman–Crippen LogP) is 6.09. The smallest absolute Gasteiger partial charge is 0.472 e. The van der Waals surface area contributed by atoms with Crippen LogP contribution in [0.4, 0.5) is 22.7 Å². The molecular weight excluding hydrogens is 767 g/mol. The Hall–Kier alpha value is -6.64. The van der Waals surface area contributed by atoms with Gasteiger partial charge in [0, 0.05) is 37.3 Å². The molecule has 294 valence electrons. The van der Waals surface area contributed by atoms with Gasteiger partial charge in [-0.05, 0) is 24.3 Å². The minimum Gasteiger partial charge on any atom is -0.485 e. The molecule has 1 atom stereocenters. The molecule has 22 heteroatoms. The van der Waals surface area contributed by atoms with Gasteiger partial charge in [-0.1, -0.05) is 48.5 Å². The molecule has 0 amide bonds. The molecule has 1 heterocycles. The number of nitro benzene ring substituents is 4. The molecule has 21 nitrogen and oxygen atoms in total. The average Bonchev–Trinajstić information content (AvgIpc) is 3.47. The average molecular weight is 799 g/mol. The van der Waals surface area contributed by atoms with Gasteiger partial charge in [0.25, 0.3) is 22.7 Å². The Morgan fingerprint density at radius 2 is 0.929 bits per heavy atom. The summed E-state index contributed by atoms with van der Waals surface area (Å²) in [6.45, 7) is -1.91. The van der Waals surface area contributed by atoms with Crippen molar-refractivity contribution >= 4 is 36.5 Å². The first kappa shape index (κ1) is 42.1. The highest BCUT2D eigenvalue weighted by Crippen LogP contribution is 2.46. The Labute approximate surface area is 315 Å². The monoisotopic (exact) mass is 798 g/mol. The molecule has 1 aliphatic rings. The summed E-state index contributed by atoms with van der Waals surface area (Å²) < 4.78 is 37.7. The van der Waals surface area contributed by atoms with Gasteiger partial charge in [-0.2, -0.15) is 0 Å². The van der Waals surface area contributed by atoms with Crippen molar-refractivity contribution in [3.8, 4) is 0 Å². The van der Waals surface area contributed by atoms with Gasteiger partial charge in [-0.3, -0.25) is 49.5 Å². The maximum atomic E-state index is 12.3. The van der Waals surface area contributed by atoms with E-state index in [2.05, 4.69) is 0 Å². The van der Waals surface area contributed by atoms with Crippen LogP contribution in [0.25, 0.3) is 0 Å². The maximum absolute atomic E-state index is 12.3. The molecule has 0 spiro atoms. The van der Waals surface area contributed by atoms with Gasteiger partial charge < -0.3 is 24.2 Å². The third-order valence-corrected chi connectivity index (χ3v) is 8.53. The summed E-state index contributed by atoms with van der Waals surface area (Å²) in [5, 5.41) is 53.4. The number of phosphoric ester groups is 1. The lowest BCUT2D eigenvalue weighted by atomic mass is 10.2. The topological polar surface area (TPSA) is 293 Å². The molecule has 0 bridgehead atoms. The van der Waals surface area contributed by atoms with Gasteiger partial charge in [0.05, 0.1) is 55.2 Å². The number of phosphoric acid groups is 1. The van der Waals surface area contributed by atoms with Crippen LogP contribution >= 0.6 is 7.82 Å². The van der Waals surface area contributed by atoms with Crippen molar-refractivity contribution in [2.75, 3.05) is 6.61 Å². The standard InChI is InChI=1S/C20H18N2O9.C14H13N2O8P/c23-10-9-17-18(29-11-13-5-1-3-7-15(13)21(25)26)19(20(24)31-17)30-12-14-6-2-4-8-16(14)22(27)28;17-15(18)13-7-3-1-5-11(13)9-23-25(21,22)24-10-12-6-2-4-8-14(12)16(19)20/h1-8,17,23H,9-12H2;1-8H,9-10H2,(H,21,22). The maximum Gasteiger partial charge on any atom is 0.472 e. The van der Waals surface area contributed by atoms with Crippen molar-refractivity contribution in [2.45, 2.75) is 39.0 Å². The zero-order chi connectivity index (χ0) is 40.8. The summed E-state index contributed by atoms with van der Waals surface area (Å²) in [6.07, 6.45) is -0.919. The second-order valence-corrected chi connectivity index (χ2v) is 12.7. The largest absolute Gasteiger partial charge is 0.485 e. The molecule has 0 saturated heterocycles. The third kappa shape index (κ3) is 11.4. The van der Waals surface area contributed by atoms with E-state index in [0.29, 0.717) is 0 Å². The highest BCUT2D eigenvalue weighted by Gasteiger charge is 2.38. The Morgan fingerprint density at radius 1 is 0.589 bits per heavy atom. The van der Waals surface area contributed by atoms with E-state index in [9.17, 15) is 59.8 Å². The van der Waals surface area contributed by atoms with Crippen LogP contribution in [0, 0.1) is 40.5 Å². The molecule has 56 heavy (non-hydrogen) atoms. The lowest BCUT2D eigenvalue weighted by Gasteiger charge is -2.14. The number of rotatable bonds is 18. The van der Waals surface area contributed by atoms with Crippen molar-refractivity contribution < 1.29 is 62.3 Å². The van der Waals surface area contributed by atoms with Crippen molar-refractivity contribution in [1.29, 1.82) is 0 Å². The normalized spacial score (nSPS) is 13.6. The molecule has 1 unspecified atom stereocenters. The number of nitro groups is 4. The van der Waals surface area contributed by atoms with Crippen molar-refractivity contribution in [3.05, 3.63) is 171 Å². The van der Waals surface area contributed by atoms with Gasteiger partial charge in [0.15, 0.2) is 11.9 Å². The number of hydrogen-bond acceptors (Lipinski definition) is 16. The number of carbonyl (C=O) groups excluding carboxylic acids is 1. The number of aliphatic hydroxyl groups is 1. The highest BCUT2D eigenvalue weighted by atomic mass is 31.2. The van der Waals surface area contributed by atoms with Gasteiger partial charge in [-0.25, -0.2) is 9.36 Å². The fourth-order valence-corrected chi connectivity index (χ4v) is 5.65. The summed E-state index contributed by atoms with van der Waals surface area (Å²) in [5.41, 5.74) is -0.177. The summed E-state index contributed by atoms with van der Waals surface area (Å²) in [4.78, 5) is 63.7. The molecule has 0 fully saturated rings. The Balaban J connectivity index is 0.000000255. The lowest BCUT2D eigenvalue weighted by molar-refractivity contribution is -0.386. The highest BCUT2D eigenvalue weighted by molar-refractivity contribution is 7.47. The van der Waals surface area contributed by atoms with Crippen molar-refractivity contribution in [1.82, 2.24) is 0 Å². The second-order valence-electron chi connectivity index (χ2n) is 11.2. The first-order valence-corrected chi connectivity index (χ1v) is 17.5. The predicted molar refractivity (Wildman–Crippen MR) is 190 cm³/mol. The number of esters is 1. The van der Waals surface area contributed by atoms with Gasteiger partial charge in [-0.15, -0.1) is 0 Å². The van der Waals surface area contributed by atoms with Crippen LogP contribution in [-0.4, -0.2) is 48.4 Å². The number of benzene rings is 4. The van der Waals surface area contributed by atoms with Gasteiger partial charge >= 0.3 is 13.8 Å². The molecule has 5 rings (SSSR count). The zero-order valence-corrected chi connectivity index (χ0v) is 29.7. The minimum atomic E-state index is -4.57. The van der Waals surface area contributed by atoms with Crippen LogP contribution in [0.15, 0.2) is 109 Å². The number of para-hydroxylation sites is 4. The number of ether oxygens (including phenoxy) is 3. The van der Waals surface area contributed by atoms with Gasteiger partial charge in [0.2, 0.25) is 5.76 Å². The van der Waals surface area contributed by atoms with Crippen LogP contribution in [0.5, 0.6) is 0 Å². The number of hydrogen-bond donors (Lipinski definition) is 2. The van der Waals surface area contributed by atoms with Crippen LogP contribution in [0.3, 0.4) is 0 Å². The summed E-state index contributed by atoms with van der Waals surface area (Å²) in [5.74, 6) is -1.18. The van der Waals surface area contributed by atoms with Crippen LogP contribution in [-0.2, 0) is 59.0 Å². The molecule has 4 aromatic carbocycles. The van der Waals surface area contributed by atoms with Crippen LogP contribution in [0.2, 0.25) is 0 Å². The molecular formula is C34H31N4O17P. The van der Waals surface area contributed by atoms with E-state index < -0.39 is 52.8 Å². The van der Waals surface area contributed by atoms with Gasteiger partial charge in [0.1, 0.15) is 13.2 Å². The van der Waals surface area contributed by atoms with E-state index >= 15 is 0 Å². The Morgan fingerprint density at radius 3 is 1.29 bits per heavy atom. The summed E-state index contributed by atoms with van der Waals surface area (Å²) >= 11 is 0. The molecule has 0 aromatic heterocycles. The van der Waals surface area contributed by atoms with E-state index in [1.54, 1.807) is 12.1 Å². The van der Waals surface area contributed by atoms with E-state index in [0.717, 1.165) is 0 Å². The number of nitrogens with zero attached hydrogens (tertiary/aromatic N) is 4. The van der Waals surface area contributed by atoms with E-state index in [4.69, 9.17) is 23.3 Å². The first-order chi connectivity index (χ1) is 26.7. The van der Waals surface area contributed by atoms with E-state index in [1.807, 2.05) is 0 Å². The fourth-order valence-electron chi connectivity index (χ4n) is 4.97. The second kappa shape index (κ2) is 19.6. The number of cyclic esters (lactones) is 1.